The minimum atomic E-state index is -0.221. The highest BCUT2D eigenvalue weighted by Crippen LogP contribution is 2.50. The Morgan fingerprint density at radius 3 is 2.73 bits per heavy atom. The maximum Gasteiger partial charge on any atom is 0.0623 e. The maximum absolute atomic E-state index is 9.49. The van der Waals surface area contributed by atoms with Crippen molar-refractivity contribution in [3.8, 4) is 0 Å². The Balaban J connectivity index is 2.29. The normalized spacial score (nSPS) is 23.1. The molecule has 0 radical (unpaired) electrons. The van der Waals surface area contributed by atoms with Crippen LogP contribution in [0.1, 0.15) is 25.5 Å². The zero-order valence-corrected chi connectivity index (χ0v) is 6.67. The van der Waals surface area contributed by atoms with Crippen molar-refractivity contribution in [1.29, 1.82) is 0 Å². The van der Waals surface area contributed by atoms with Crippen molar-refractivity contribution < 1.29 is 5.11 Å². The van der Waals surface area contributed by atoms with Gasteiger partial charge in [-0.1, -0.05) is 0 Å². The number of aromatic nitrogens is 1. The zero-order chi connectivity index (χ0) is 7.90. The topological polar surface area (TPSA) is 36.0 Å². The molecule has 11 heavy (non-hydrogen) atoms. The Morgan fingerprint density at radius 1 is 1.64 bits per heavy atom. The zero-order valence-electron chi connectivity index (χ0n) is 6.67. The van der Waals surface area contributed by atoms with E-state index in [4.69, 9.17) is 0 Å². The lowest BCUT2D eigenvalue weighted by Gasteiger charge is -2.16. The first-order valence-electron chi connectivity index (χ1n) is 4.08. The molecule has 0 spiro atoms. The second kappa shape index (κ2) is 2.11. The summed E-state index contributed by atoms with van der Waals surface area (Å²) < 4.78 is 0. The first kappa shape index (κ1) is 6.92. The van der Waals surface area contributed by atoms with Gasteiger partial charge in [0.1, 0.15) is 0 Å². The van der Waals surface area contributed by atoms with E-state index in [-0.39, 0.29) is 11.5 Å². The SMILES string of the molecule is CC(O)C1(c2ccc[nH]2)CC1. The third-order valence-electron chi connectivity index (χ3n) is 2.72. The summed E-state index contributed by atoms with van der Waals surface area (Å²) in [6.07, 6.45) is 3.93. The minimum Gasteiger partial charge on any atom is -0.392 e. The fraction of sp³-hybridized carbons (Fsp3) is 0.556. The molecule has 0 bridgehead atoms. The second-order valence-corrected chi connectivity index (χ2v) is 3.42. The summed E-state index contributed by atoms with van der Waals surface area (Å²) in [6.45, 7) is 1.87. The Hall–Kier alpha value is -0.760. The summed E-state index contributed by atoms with van der Waals surface area (Å²) in [4.78, 5) is 3.16. The average molecular weight is 151 g/mol. The van der Waals surface area contributed by atoms with E-state index in [1.165, 1.54) is 5.69 Å². The van der Waals surface area contributed by atoms with E-state index < -0.39 is 0 Å². The van der Waals surface area contributed by atoms with Crippen LogP contribution in [-0.2, 0) is 5.41 Å². The van der Waals surface area contributed by atoms with Gasteiger partial charge < -0.3 is 10.1 Å². The highest BCUT2D eigenvalue weighted by Gasteiger charge is 2.49. The van der Waals surface area contributed by atoms with Crippen molar-refractivity contribution >= 4 is 0 Å². The molecule has 1 aliphatic carbocycles. The van der Waals surface area contributed by atoms with E-state index in [2.05, 4.69) is 11.1 Å². The number of hydrogen-bond acceptors (Lipinski definition) is 1. The summed E-state index contributed by atoms with van der Waals surface area (Å²) in [5, 5.41) is 9.49. The number of hydrogen-bond donors (Lipinski definition) is 2. The first-order chi connectivity index (χ1) is 5.26. The van der Waals surface area contributed by atoms with Crippen LogP contribution in [0.15, 0.2) is 18.3 Å². The van der Waals surface area contributed by atoms with Crippen LogP contribution in [0.5, 0.6) is 0 Å². The maximum atomic E-state index is 9.49. The predicted octanol–water partition coefficient (Wildman–Crippen LogP) is 1.43. The van der Waals surface area contributed by atoms with Crippen molar-refractivity contribution in [1.82, 2.24) is 4.98 Å². The lowest BCUT2D eigenvalue weighted by atomic mass is 9.97. The Morgan fingerprint density at radius 2 is 2.36 bits per heavy atom. The van der Waals surface area contributed by atoms with Gasteiger partial charge in [-0.2, -0.15) is 0 Å². The molecule has 0 aromatic carbocycles. The fourth-order valence-electron chi connectivity index (χ4n) is 1.69. The molecule has 1 atom stereocenters. The molecule has 1 heterocycles. The van der Waals surface area contributed by atoms with Gasteiger partial charge in [0.05, 0.1) is 6.10 Å². The third-order valence-corrected chi connectivity index (χ3v) is 2.72. The second-order valence-electron chi connectivity index (χ2n) is 3.42. The lowest BCUT2D eigenvalue weighted by Crippen LogP contribution is -2.22. The van der Waals surface area contributed by atoms with E-state index in [0.29, 0.717) is 0 Å². The van der Waals surface area contributed by atoms with Crippen molar-refractivity contribution in [3.63, 3.8) is 0 Å². The molecule has 1 unspecified atom stereocenters. The predicted molar refractivity (Wildman–Crippen MR) is 43.4 cm³/mol. The number of aliphatic hydroxyl groups excluding tert-OH is 1. The number of nitrogens with one attached hydrogen (secondary N) is 1. The van der Waals surface area contributed by atoms with Gasteiger partial charge in [-0.25, -0.2) is 0 Å². The Bertz CT molecular complexity index is 234. The molecule has 0 saturated heterocycles. The molecule has 0 aliphatic heterocycles. The molecule has 1 aromatic rings. The quantitative estimate of drug-likeness (QED) is 0.659. The molecular weight excluding hydrogens is 138 g/mol. The van der Waals surface area contributed by atoms with E-state index in [9.17, 15) is 5.11 Å². The largest absolute Gasteiger partial charge is 0.392 e. The van der Waals surface area contributed by atoms with E-state index in [1.54, 1.807) is 0 Å². The van der Waals surface area contributed by atoms with Crippen LogP contribution < -0.4 is 0 Å². The summed E-state index contributed by atoms with van der Waals surface area (Å²) >= 11 is 0. The van der Waals surface area contributed by atoms with Gasteiger partial charge in [0, 0.05) is 17.3 Å². The fourth-order valence-corrected chi connectivity index (χ4v) is 1.69. The standard InChI is InChI=1S/C9H13NO/c1-7(11)9(4-5-9)8-3-2-6-10-8/h2-3,6-7,10-11H,4-5H2,1H3. The number of rotatable bonds is 2. The molecule has 2 N–H and O–H groups in total. The van der Waals surface area contributed by atoms with E-state index in [0.717, 1.165) is 12.8 Å². The van der Waals surface area contributed by atoms with Gasteiger partial charge in [-0.3, -0.25) is 0 Å². The van der Waals surface area contributed by atoms with Crippen molar-refractivity contribution in [2.75, 3.05) is 0 Å². The van der Waals surface area contributed by atoms with Crippen LogP contribution in [0, 0.1) is 0 Å². The average Bonchev–Trinajstić information content (AvgIpc) is 2.61. The molecule has 2 nitrogen and oxygen atoms in total. The van der Waals surface area contributed by atoms with Gasteiger partial charge in [-0.15, -0.1) is 0 Å². The van der Waals surface area contributed by atoms with Crippen LogP contribution in [0.4, 0.5) is 0 Å². The van der Waals surface area contributed by atoms with E-state index >= 15 is 0 Å². The highest BCUT2D eigenvalue weighted by molar-refractivity contribution is 5.26. The van der Waals surface area contributed by atoms with Crippen molar-refractivity contribution in [2.24, 2.45) is 0 Å². The van der Waals surface area contributed by atoms with Crippen LogP contribution in [0.25, 0.3) is 0 Å². The van der Waals surface area contributed by atoms with Crippen LogP contribution in [0.2, 0.25) is 0 Å². The highest BCUT2D eigenvalue weighted by atomic mass is 16.3. The van der Waals surface area contributed by atoms with Crippen LogP contribution in [-0.4, -0.2) is 16.2 Å². The van der Waals surface area contributed by atoms with Crippen molar-refractivity contribution in [2.45, 2.75) is 31.3 Å². The molecule has 1 fully saturated rings. The Labute approximate surface area is 66.3 Å². The summed E-state index contributed by atoms with van der Waals surface area (Å²) in [6, 6.07) is 4.04. The number of H-pyrrole nitrogens is 1. The van der Waals surface area contributed by atoms with Gasteiger partial charge >= 0.3 is 0 Å². The summed E-state index contributed by atoms with van der Waals surface area (Å²) in [5.41, 5.74) is 1.26. The molecule has 1 aliphatic rings. The Kier molecular flexibility index (Phi) is 1.33. The molecule has 2 rings (SSSR count). The van der Waals surface area contributed by atoms with Gasteiger partial charge in [0.25, 0.3) is 0 Å². The number of aliphatic hydroxyl groups is 1. The molecule has 2 heteroatoms. The van der Waals surface area contributed by atoms with Crippen LogP contribution >= 0.6 is 0 Å². The minimum absolute atomic E-state index is 0.0729. The van der Waals surface area contributed by atoms with Gasteiger partial charge in [0.2, 0.25) is 0 Å². The molecule has 1 aromatic heterocycles. The summed E-state index contributed by atoms with van der Waals surface area (Å²) in [7, 11) is 0. The van der Waals surface area contributed by atoms with Gasteiger partial charge in [-0.05, 0) is 31.9 Å². The summed E-state index contributed by atoms with van der Waals surface area (Å²) in [5.74, 6) is 0. The van der Waals surface area contributed by atoms with Crippen LogP contribution in [0.3, 0.4) is 0 Å². The monoisotopic (exact) mass is 151 g/mol. The van der Waals surface area contributed by atoms with E-state index in [1.807, 2.05) is 19.2 Å². The third kappa shape index (κ3) is 0.897. The van der Waals surface area contributed by atoms with Crippen molar-refractivity contribution in [3.05, 3.63) is 24.0 Å². The first-order valence-corrected chi connectivity index (χ1v) is 4.08. The molecule has 0 amide bonds. The molecular formula is C9H13NO. The lowest BCUT2D eigenvalue weighted by molar-refractivity contribution is 0.149. The van der Waals surface area contributed by atoms with Gasteiger partial charge in [0.15, 0.2) is 0 Å². The molecule has 60 valence electrons. The smallest absolute Gasteiger partial charge is 0.0623 e. The molecule has 1 saturated carbocycles. The number of aromatic amines is 1.